The van der Waals surface area contributed by atoms with Gasteiger partial charge in [0.25, 0.3) is 0 Å². The Labute approximate surface area is 196 Å². The van der Waals surface area contributed by atoms with Crippen LogP contribution in [0.3, 0.4) is 0 Å². The number of rotatable bonds is 5. The van der Waals surface area contributed by atoms with Gasteiger partial charge in [-0.15, -0.1) is 0 Å². The van der Waals surface area contributed by atoms with Gasteiger partial charge in [-0.3, -0.25) is 0 Å². The van der Waals surface area contributed by atoms with Crippen molar-refractivity contribution in [2.24, 2.45) is 0 Å². The van der Waals surface area contributed by atoms with Crippen molar-refractivity contribution in [3.8, 4) is 5.69 Å². The first-order chi connectivity index (χ1) is 15.3. The number of amides is 1. The molecular weight excluding hydrogens is 471 g/mol. The monoisotopic (exact) mass is 494 g/mol. The molecule has 176 valence electrons. The summed E-state index contributed by atoms with van der Waals surface area (Å²) in [4.78, 5) is 17.4. The SMILES string of the molecule is Cc1cccc(-n2nc(COC(=O)N(C)C(C)(C)C)cc2S(=O)(=O)c2ccc(Cl)nc2)c1F. The molecular formula is C22H24ClFN4O4S. The fourth-order valence-electron chi connectivity index (χ4n) is 2.79. The lowest BCUT2D eigenvalue weighted by Gasteiger charge is -2.30. The molecule has 0 aliphatic carbocycles. The number of hydrogen-bond donors (Lipinski definition) is 0. The molecule has 33 heavy (non-hydrogen) atoms. The second kappa shape index (κ2) is 9.11. The highest BCUT2D eigenvalue weighted by atomic mass is 35.5. The molecule has 8 nitrogen and oxygen atoms in total. The van der Waals surface area contributed by atoms with Crippen LogP contribution in [0.15, 0.2) is 52.5 Å². The molecule has 0 unspecified atom stereocenters. The third kappa shape index (κ3) is 5.17. The number of carbonyl (C=O) groups excluding carboxylic acids is 1. The fraction of sp³-hybridized carbons (Fsp3) is 0.318. The maximum atomic E-state index is 14.9. The Bertz CT molecular complexity index is 1280. The molecule has 0 fully saturated rings. The average molecular weight is 495 g/mol. The van der Waals surface area contributed by atoms with Gasteiger partial charge in [0.2, 0.25) is 9.84 Å². The molecule has 11 heteroatoms. The van der Waals surface area contributed by atoms with Crippen LogP contribution < -0.4 is 0 Å². The lowest BCUT2D eigenvalue weighted by Crippen LogP contribution is -2.42. The normalized spacial score (nSPS) is 12.0. The van der Waals surface area contributed by atoms with Gasteiger partial charge in [0, 0.05) is 24.8 Å². The van der Waals surface area contributed by atoms with E-state index in [-0.39, 0.29) is 33.1 Å². The van der Waals surface area contributed by atoms with Crippen molar-refractivity contribution in [3.63, 3.8) is 0 Å². The maximum Gasteiger partial charge on any atom is 0.410 e. The van der Waals surface area contributed by atoms with Crippen LogP contribution in [-0.4, -0.2) is 46.8 Å². The minimum Gasteiger partial charge on any atom is -0.443 e. The molecule has 2 heterocycles. The highest BCUT2D eigenvalue weighted by Crippen LogP contribution is 2.27. The number of aryl methyl sites for hydroxylation is 1. The summed E-state index contributed by atoms with van der Waals surface area (Å²) in [6.45, 7) is 6.78. The van der Waals surface area contributed by atoms with E-state index in [0.717, 1.165) is 10.9 Å². The van der Waals surface area contributed by atoms with Gasteiger partial charge in [0.1, 0.15) is 23.1 Å². The summed E-state index contributed by atoms with van der Waals surface area (Å²) in [5, 5.41) is 4.07. The minimum atomic E-state index is -4.16. The summed E-state index contributed by atoms with van der Waals surface area (Å²) in [5.41, 5.74) is -0.0803. The first kappa shape index (κ1) is 24.7. The predicted molar refractivity (Wildman–Crippen MR) is 121 cm³/mol. The number of hydrogen-bond acceptors (Lipinski definition) is 6. The number of aromatic nitrogens is 3. The molecule has 0 atom stereocenters. The molecule has 0 radical (unpaired) electrons. The molecule has 0 saturated heterocycles. The fourth-order valence-corrected chi connectivity index (χ4v) is 4.24. The Kier molecular flexibility index (Phi) is 6.80. The van der Waals surface area contributed by atoms with Crippen molar-refractivity contribution in [3.05, 3.63) is 64.8 Å². The molecule has 0 bridgehead atoms. The Morgan fingerprint density at radius 3 is 2.55 bits per heavy atom. The summed E-state index contributed by atoms with van der Waals surface area (Å²) >= 11 is 5.78. The summed E-state index contributed by atoms with van der Waals surface area (Å²) in [6.07, 6.45) is 0.504. The highest BCUT2D eigenvalue weighted by molar-refractivity contribution is 7.91. The summed E-state index contributed by atoms with van der Waals surface area (Å²) in [5.74, 6) is -0.623. The predicted octanol–water partition coefficient (Wildman–Crippen LogP) is 4.57. The second-order valence-corrected chi connectivity index (χ2v) is 10.7. The summed E-state index contributed by atoms with van der Waals surface area (Å²) in [6, 6.07) is 8.45. The van der Waals surface area contributed by atoms with Crippen LogP contribution in [0.1, 0.15) is 32.0 Å². The molecule has 0 saturated carbocycles. The number of nitrogens with zero attached hydrogens (tertiary/aromatic N) is 4. The molecule has 3 rings (SSSR count). The van der Waals surface area contributed by atoms with Crippen molar-refractivity contribution in [2.45, 2.75) is 49.8 Å². The average Bonchev–Trinajstić information content (AvgIpc) is 3.18. The zero-order chi connectivity index (χ0) is 24.6. The van der Waals surface area contributed by atoms with E-state index in [9.17, 15) is 17.6 Å². The van der Waals surface area contributed by atoms with Crippen LogP contribution >= 0.6 is 11.6 Å². The van der Waals surface area contributed by atoms with Crippen LogP contribution in [-0.2, 0) is 21.2 Å². The minimum absolute atomic E-state index is 0.0557. The number of pyridine rings is 1. The Morgan fingerprint density at radius 2 is 1.94 bits per heavy atom. The molecule has 0 spiro atoms. The molecule has 2 aromatic heterocycles. The maximum absolute atomic E-state index is 14.9. The van der Waals surface area contributed by atoms with Gasteiger partial charge in [-0.1, -0.05) is 23.7 Å². The lowest BCUT2D eigenvalue weighted by molar-refractivity contribution is 0.0749. The first-order valence-corrected chi connectivity index (χ1v) is 11.8. The highest BCUT2D eigenvalue weighted by Gasteiger charge is 2.28. The van der Waals surface area contributed by atoms with Gasteiger partial charge in [0.05, 0.1) is 4.90 Å². The molecule has 0 N–H and O–H groups in total. The molecule has 1 aromatic carbocycles. The number of ether oxygens (including phenoxy) is 1. The van der Waals surface area contributed by atoms with E-state index in [1.165, 1.54) is 29.2 Å². The molecule has 0 aliphatic heterocycles. The third-order valence-corrected chi connectivity index (χ3v) is 6.96. The van der Waals surface area contributed by atoms with Crippen molar-refractivity contribution in [1.82, 2.24) is 19.7 Å². The number of benzene rings is 1. The van der Waals surface area contributed by atoms with Crippen molar-refractivity contribution in [2.75, 3.05) is 7.05 Å². The zero-order valence-electron chi connectivity index (χ0n) is 18.8. The summed E-state index contributed by atoms with van der Waals surface area (Å²) in [7, 11) is -2.57. The van der Waals surface area contributed by atoms with Gasteiger partial charge < -0.3 is 9.64 Å². The van der Waals surface area contributed by atoms with Gasteiger partial charge in [-0.2, -0.15) is 5.10 Å². The van der Waals surface area contributed by atoms with E-state index in [4.69, 9.17) is 16.3 Å². The Balaban J connectivity index is 2.06. The number of halogens is 2. The third-order valence-electron chi connectivity index (χ3n) is 5.04. The van der Waals surface area contributed by atoms with E-state index in [1.807, 2.05) is 20.8 Å². The molecule has 0 aliphatic rings. The van der Waals surface area contributed by atoms with Gasteiger partial charge in [0.15, 0.2) is 10.8 Å². The summed E-state index contributed by atoms with van der Waals surface area (Å²) < 4.78 is 47.9. The largest absolute Gasteiger partial charge is 0.443 e. The Morgan fingerprint density at radius 1 is 1.24 bits per heavy atom. The zero-order valence-corrected chi connectivity index (χ0v) is 20.4. The van der Waals surface area contributed by atoms with Crippen molar-refractivity contribution in [1.29, 1.82) is 0 Å². The van der Waals surface area contributed by atoms with Crippen molar-refractivity contribution >= 4 is 27.5 Å². The van der Waals surface area contributed by atoms with Gasteiger partial charge >= 0.3 is 6.09 Å². The number of sulfone groups is 1. The van der Waals surface area contributed by atoms with Crippen LogP contribution in [0.2, 0.25) is 5.15 Å². The standard InChI is InChI=1S/C22H24ClFN4O4S/c1-14-7-6-8-17(20(14)24)28-19(33(30,31)16-9-10-18(23)25-12-16)11-15(26-28)13-32-21(29)27(5)22(2,3)4/h6-12H,13H2,1-5H3. The van der Waals surface area contributed by atoms with E-state index in [0.29, 0.717) is 5.56 Å². The first-order valence-electron chi connectivity index (χ1n) is 9.94. The van der Waals surface area contributed by atoms with E-state index in [1.54, 1.807) is 26.1 Å². The second-order valence-electron chi connectivity index (χ2n) is 8.40. The van der Waals surface area contributed by atoms with Crippen molar-refractivity contribution < 1.29 is 22.3 Å². The van der Waals surface area contributed by atoms with Crippen LogP contribution in [0.4, 0.5) is 9.18 Å². The van der Waals surface area contributed by atoms with Gasteiger partial charge in [-0.25, -0.2) is 27.3 Å². The smallest absolute Gasteiger partial charge is 0.410 e. The lowest BCUT2D eigenvalue weighted by atomic mass is 10.1. The van der Waals surface area contributed by atoms with Gasteiger partial charge in [-0.05, 0) is 51.5 Å². The number of carbonyl (C=O) groups is 1. The van der Waals surface area contributed by atoms with Crippen LogP contribution in [0.5, 0.6) is 0 Å². The Hall–Kier alpha value is -2.98. The van der Waals surface area contributed by atoms with E-state index < -0.39 is 27.3 Å². The topological polar surface area (TPSA) is 94.4 Å². The quantitative estimate of drug-likeness (QED) is 0.482. The van der Waals surface area contributed by atoms with E-state index in [2.05, 4.69) is 10.1 Å². The van der Waals surface area contributed by atoms with Crippen LogP contribution in [0.25, 0.3) is 5.69 Å². The molecule has 3 aromatic rings. The molecule has 1 amide bonds. The van der Waals surface area contributed by atoms with Crippen LogP contribution in [0, 0.1) is 12.7 Å². The van der Waals surface area contributed by atoms with E-state index >= 15 is 0 Å².